The largest absolute Gasteiger partial charge is 0.416 e. The summed E-state index contributed by atoms with van der Waals surface area (Å²) in [5.41, 5.74) is 0.752. The van der Waals surface area contributed by atoms with E-state index in [9.17, 15) is 18.3 Å². The zero-order chi connectivity index (χ0) is 14.9. The molecule has 7 heteroatoms. The number of anilines is 1. The van der Waals surface area contributed by atoms with Gasteiger partial charge in [0.15, 0.2) is 6.10 Å². The second kappa shape index (κ2) is 5.51. The first kappa shape index (κ1) is 14.9. The van der Waals surface area contributed by atoms with Crippen molar-refractivity contribution in [3.8, 4) is 6.07 Å². The SMILES string of the molecule is N#Cc1ccc(N2CCC[C@@H]2[C@H](O)C(F)(F)F)cc1Cl. The maximum Gasteiger partial charge on any atom is 0.416 e. The quantitative estimate of drug-likeness (QED) is 0.913. The third-order valence-corrected chi connectivity index (χ3v) is 3.72. The van der Waals surface area contributed by atoms with Gasteiger partial charge >= 0.3 is 6.18 Å². The average Bonchev–Trinajstić information content (AvgIpc) is 2.85. The number of nitrogens with zero attached hydrogens (tertiary/aromatic N) is 2. The maximum atomic E-state index is 12.6. The van der Waals surface area contributed by atoms with Crippen molar-refractivity contribution in [3.63, 3.8) is 0 Å². The number of hydrogen-bond acceptors (Lipinski definition) is 3. The highest BCUT2D eigenvalue weighted by atomic mass is 35.5. The van der Waals surface area contributed by atoms with E-state index in [1.54, 1.807) is 6.07 Å². The fourth-order valence-electron chi connectivity index (χ4n) is 2.43. The van der Waals surface area contributed by atoms with Crippen molar-refractivity contribution in [1.82, 2.24) is 0 Å². The summed E-state index contributed by atoms with van der Waals surface area (Å²) in [6.45, 7) is 0.417. The lowest BCUT2D eigenvalue weighted by atomic mass is 10.1. The van der Waals surface area contributed by atoms with Gasteiger partial charge in [0.25, 0.3) is 0 Å². The van der Waals surface area contributed by atoms with Crippen LogP contribution < -0.4 is 4.90 Å². The van der Waals surface area contributed by atoms with Crippen molar-refractivity contribution in [3.05, 3.63) is 28.8 Å². The number of aliphatic hydroxyl groups excluding tert-OH is 1. The van der Waals surface area contributed by atoms with Crippen molar-refractivity contribution >= 4 is 17.3 Å². The summed E-state index contributed by atoms with van der Waals surface area (Å²) in [4.78, 5) is 1.49. The predicted molar refractivity (Wildman–Crippen MR) is 68.6 cm³/mol. The van der Waals surface area contributed by atoms with Crippen LogP contribution in [0.4, 0.5) is 18.9 Å². The van der Waals surface area contributed by atoms with Crippen molar-refractivity contribution in [2.45, 2.75) is 31.2 Å². The molecule has 1 aromatic rings. The fourth-order valence-corrected chi connectivity index (χ4v) is 2.65. The molecule has 0 unspecified atom stereocenters. The molecule has 1 fully saturated rings. The van der Waals surface area contributed by atoms with E-state index in [1.165, 1.54) is 17.0 Å². The van der Waals surface area contributed by atoms with Crippen LogP contribution in [-0.4, -0.2) is 30.0 Å². The molecule has 0 amide bonds. The van der Waals surface area contributed by atoms with Crippen molar-refractivity contribution in [1.29, 1.82) is 5.26 Å². The molecule has 1 N–H and O–H groups in total. The Labute approximate surface area is 119 Å². The summed E-state index contributed by atoms with van der Waals surface area (Å²) in [5.74, 6) is 0. The summed E-state index contributed by atoms with van der Waals surface area (Å²) in [5, 5.41) is 18.4. The lowest BCUT2D eigenvalue weighted by Gasteiger charge is -2.31. The van der Waals surface area contributed by atoms with Crippen LogP contribution in [0.25, 0.3) is 0 Å². The van der Waals surface area contributed by atoms with Crippen LogP contribution in [-0.2, 0) is 0 Å². The van der Waals surface area contributed by atoms with E-state index < -0.39 is 18.3 Å². The Bertz CT molecular complexity index is 541. The molecule has 0 spiro atoms. The molecule has 2 atom stereocenters. The Kier molecular flexibility index (Phi) is 4.11. The van der Waals surface area contributed by atoms with Gasteiger partial charge < -0.3 is 10.0 Å². The van der Waals surface area contributed by atoms with Crippen LogP contribution in [0.3, 0.4) is 0 Å². The number of rotatable bonds is 2. The van der Waals surface area contributed by atoms with E-state index in [2.05, 4.69) is 0 Å². The molecule has 0 saturated carbocycles. The number of benzene rings is 1. The van der Waals surface area contributed by atoms with Crippen molar-refractivity contribution in [2.75, 3.05) is 11.4 Å². The van der Waals surface area contributed by atoms with E-state index in [4.69, 9.17) is 16.9 Å². The molecule has 1 saturated heterocycles. The van der Waals surface area contributed by atoms with Gasteiger partial charge in [0, 0.05) is 12.2 Å². The average molecular weight is 305 g/mol. The Morgan fingerprint density at radius 3 is 2.70 bits per heavy atom. The summed E-state index contributed by atoms with van der Waals surface area (Å²) >= 11 is 5.89. The van der Waals surface area contributed by atoms with Gasteiger partial charge in [0.2, 0.25) is 0 Å². The minimum Gasteiger partial charge on any atom is -0.382 e. The smallest absolute Gasteiger partial charge is 0.382 e. The highest BCUT2D eigenvalue weighted by molar-refractivity contribution is 6.32. The molecule has 20 heavy (non-hydrogen) atoms. The van der Waals surface area contributed by atoms with Crippen molar-refractivity contribution < 1.29 is 18.3 Å². The monoisotopic (exact) mass is 304 g/mol. The minimum atomic E-state index is -4.65. The number of hydrogen-bond donors (Lipinski definition) is 1. The first-order chi connectivity index (χ1) is 9.34. The van der Waals surface area contributed by atoms with Gasteiger partial charge in [-0.05, 0) is 31.0 Å². The minimum absolute atomic E-state index is 0.192. The summed E-state index contributed by atoms with van der Waals surface area (Å²) in [7, 11) is 0. The molecule has 1 heterocycles. The number of alkyl halides is 3. The standard InChI is InChI=1S/C13H12ClF3N2O/c14-10-6-9(4-3-8(10)7-18)19-5-1-2-11(19)12(20)13(15,16)17/h3-4,6,11-12,20H,1-2,5H2/t11-,12+/m1/s1. The molecule has 1 aliphatic rings. The van der Waals surface area contributed by atoms with Gasteiger partial charge in [0.1, 0.15) is 6.07 Å². The third-order valence-electron chi connectivity index (χ3n) is 3.40. The van der Waals surface area contributed by atoms with E-state index in [-0.39, 0.29) is 17.0 Å². The second-order valence-electron chi connectivity index (χ2n) is 4.67. The topological polar surface area (TPSA) is 47.3 Å². The molecule has 108 valence electrons. The molecule has 0 bridgehead atoms. The van der Waals surface area contributed by atoms with Crippen LogP contribution in [0.1, 0.15) is 18.4 Å². The van der Waals surface area contributed by atoms with Gasteiger partial charge in [0.05, 0.1) is 16.6 Å². The molecule has 3 nitrogen and oxygen atoms in total. The first-order valence-corrected chi connectivity index (χ1v) is 6.43. The molecule has 1 aromatic carbocycles. The van der Waals surface area contributed by atoms with Crippen molar-refractivity contribution in [2.24, 2.45) is 0 Å². The Hall–Kier alpha value is -1.45. The number of nitriles is 1. The zero-order valence-electron chi connectivity index (χ0n) is 10.4. The van der Waals surface area contributed by atoms with E-state index >= 15 is 0 Å². The molecule has 2 rings (SSSR count). The predicted octanol–water partition coefficient (Wildman–Crippen LogP) is 3.10. The Morgan fingerprint density at radius 1 is 1.45 bits per heavy atom. The van der Waals surface area contributed by atoms with Gasteiger partial charge in [-0.25, -0.2) is 0 Å². The molecule has 1 aliphatic heterocycles. The lowest BCUT2D eigenvalue weighted by molar-refractivity contribution is -0.209. The Balaban J connectivity index is 2.28. The highest BCUT2D eigenvalue weighted by Crippen LogP contribution is 2.35. The van der Waals surface area contributed by atoms with E-state index in [0.29, 0.717) is 18.7 Å². The van der Waals surface area contributed by atoms with E-state index in [1.807, 2.05) is 6.07 Å². The zero-order valence-corrected chi connectivity index (χ0v) is 11.1. The van der Waals surface area contributed by atoms with E-state index in [0.717, 1.165) is 0 Å². The first-order valence-electron chi connectivity index (χ1n) is 6.05. The Morgan fingerprint density at radius 2 is 2.15 bits per heavy atom. The fraction of sp³-hybridized carbons (Fsp3) is 0.462. The number of aliphatic hydroxyl groups is 1. The molecule has 0 aliphatic carbocycles. The maximum absolute atomic E-state index is 12.6. The van der Waals surface area contributed by atoms with Crippen LogP contribution in [0.15, 0.2) is 18.2 Å². The second-order valence-corrected chi connectivity index (χ2v) is 5.07. The molecule has 0 aromatic heterocycles. The summed E-state index contributed by atoms with van der Waals surface area (Å²) in [6, 6.07) is 5.35. The lowest BCUT2D eigenvalue weighted by Crippen LogP contribution is -2.47. The highest BCUT2D eigenvalue weighted by Gasteiger charge is 2.47. The summed E-state index contributed by atoms with van der Waals surface area (Å²) in [6.07, 6.45) is -6.21. The molecular formula is C13H12ClF3N2O. The molecule has 0 radical (unpaired) electrons. The van der Waals surface area contributed by atoms with Crippen LogP contribution in [0.5, 0.6) is 0 Å². The van der Waals surface area contributed by atoms with Crippen LogP contribution in [0.2, 0.25) is 5.02 Å². The summed E-state index contributed by atoms with van der Waals surface area (Å²) < 4.78 is 37.9. The van der Waals surface area contributed by atoms with Gasteiger partial charge in [-0.2, -0.15) is 18.4 Å². The third kappa shape index (κ3) is 2.84. The van der Waals surface area contributed by atoms with Gasteiger partial charge in [-0.15, -0.1) is 0 Å². The number of halogens is 4. The van der Waals surface area contributed by atoms with Crippen LogP contribution in [0, 0.1) is 11.3 Å². The van der Waals surface area contributed by atoms with Crippen LogP contribution >= 0.6 is 11.6 Å². The van der Waals surface area contributed by atoms with Gasteiger partial charge in [-0.1, -0.05) is 11.6 Å². The van der Waals surface area contributed by atoms with Gasteiger partial charge in [-0.3, -0.25) is 0 Å². The molecular weight excluding hydrogens is 293 g/mol. The normalized spacial score (nSPS) is 20.8.